The van der Waals surface area contributed by atoms with Gasteiger partial charge in [-0.1, -0.05) is 6.92 Å². The highest BCUT2D eigenvalue weighted by atomic mass is 19.4. The van der Waals surface area contributed by atoms with Crippen LogP contribution in [0.3, 0.4) is 0 Å². The van der Waals surface area contributed by atoms with E-state index in [4.69, 9.17) is 0 Å². The minimum Gasteiger partial charge on any atom is -0.306 e. The van der Waals surface area contributed by atoms with Crippen molar-refractivity contribution in [3.8, 4) is 11.4 Å². The third-order valence-corrected chi connectivity index (χ3v) is 4.63. The smallest absolute Gasteiger partial charge is 0.306 e. The molecule has 2 aromatic rings. The lowest BCUT2D eigenvalue weighted by molar-refractivity contribution is -0.142. The van der Waals surface area contributed by atoms with Gasteiger partial charge in [-0.25, -0.2) is 19.6 Å². The van der Waals surface area contributed by atoms with Gasteiger partial charge >= 0.3 is 6.18 Å². The lowest BCUT2D eigenvalue weighted by atomic mass is 9.94. The van der Waals surface area contributed by atoms with E-state index in [0.717, 1.165) is 30.6 Å². The summed E-state index contributed by atoms with van der Waals surface area (Å²) in [5, 5.41) is 4.14. The molecule has 6 nitrogen and oxygen atoms in total. The van der Waals surface area contributed by atoms with Crippen LogP contribution in [0, 0.1) is 5.92 Å². The molecule has 1 aliphatic heterocycles. The summed E-state index contributed by atoms with van der Waals surface area (Å²) in [7, 11) is 2.07. The standard InChI is InChI=1S/C17H23F3N6/c1-3-14-21-9-13(10-22-14)16-23-15(24-26(16)11-17(18,19)20)8-12-4-6-25(2)7-5-12/h9-10,12H,3-8,11H2,1-2H3. The summed E-state index contributed by atoms with van der Waals surface area (Å²) in [5.41, 5.74) is 0.452. The number of alkyl halides is 3. The van der Waals surface area contributed by atoms with Crippen molar-refractivity contribution in [1.29, 1.82) is 0 Å². The fourth-order valence-corrected chi connectivity index (χ4v) is 3.15. The normalized spacial score (nSPS) is 17.0. The first-order valence-electron chi connectivity index (χ1n) is 8.84. The van der Waals surface area contributed by atoms with Gasteiger partial charge in [-0.05, 0) is 38.9 Å². The molecule has 0 N–H and O–H groups in total. The van der Waals surface area contributed by atoms with E-state index in [1.165, 1.54) is 12.4 Å². The summed E-state index contributed by atoms with van der Waals surface area (Å²) in [4.78, 5) is 15.0. The number of hydrogen-bond acceptors (Lipinski definition) is 5. The predicted molar refractivity (Wildman–Crippen MR) is 90.4 cm³/mol. The molecule has 0 saturated carbocycles. The lowest BCUT2D eigenvalue weighted by Gasteiger charge is -2.28. The molecule has 0 aliphatic carbocycles. The summed E-state index contributed by atoms with van der Waals surface area (Å²) >= 11 is 0. The molecule has 0 atom stereocenters. The summed E-state index contributed by atoms with van der Waals surface area (Å²) in [5.74, 6) is 1.67. The molecule has 1 fully saturated rings. The van der Waals surface area contributed by atoms with Gasteiger partial charge in [-0.2, -0.15) is 18.3 Å². The minimum absolute atomic E-state index is 0.174. The van der Waals surface area contributed by atoms with Gasteiger partial charge < -0.3 is 4.90 Å². The Labute approximate surface area is 150 Å². The maximum absolute atomic E-state index is 12.9. The highest BCUT2D eigenvalue weighted by Crippen LogP contribution is 2.25. The molecule has 0 radical (unpaired) electrons. The Morgan fingerprint density at radius 1 is 1.12 bits per heavy atom. The zero-order chi connectivity index (χ0) is 18.7. The second-order valence-electron chi connectivity index (χ2n) is 6.82. The fourth-order valence-electron chi connectivity index (χ4n) is 3.15. The molecule has 1 saturated heterocycles. The Morgan fingerprint density at radius 2 is 1.77 bits per heavy atom. The van der Waals surface area contributed by atoms with Crippen molar-refractivity contribution in [2.75, 3.05) is 20.1 Å². The van der Waals surface area contributed by atoms with Crippen molar-refractivity contribution in [2.45, 2.75) is 45.3 Å². The van der Waals surface area contributed by atoms with Crippen LogP contribution in [-0.2, 0) is 19.4 Å². The third kappa shape index (κ3) is 4.78. The quantitative estimate of drug-likeness (QED) is 0.812. The molecular weight excluding hydrogens is 345 g/mol. The Balaban J connectivity index is 1.84. The molecule has 9 heteroatoms. The summed E-state index contributed by atoms with van der Waals surface area (Å²) in [6.45, 7) is 2.74. The first-order chi connectivity index (χ1) is 12.3. The van der Waals surface area contributed by atoms with Crippen molar-refractivity contribution in [3.63, 3.8) is 0 Å². The van der Waals surface area contributed by atoms with Crippen LogP contribution < -0.4 is 0 Å². The van der Waals surface area contributed by atoms with E-state index in [1.807, 2.05) is 6.92 Å². The van der Waals surface area contributed by atoms with E-state index in [1.54, 1.807) is 0 Å². The molecule has 0 aromatic carbocycles. The zero-order valence-electron chi connectivity index (χ0n) is 15.0. The second-order valence-corrected chi connectivity index (χ2v) is 6.82. The molecule has 0 unspecified atom stereocenters. The van der Waals surface area contributed by atoms with Crippen LogP contribution in [0.2, 0.25) is 0 Å². The SMILES string of the molecule is CCc1ncc(-c2nc(CC3CCN(C)CC3)nn2CC(F)(F)F)cn1. The number of hydrogen-bond donors (Lipinski definition) is 0. The minimum atomic E-state index is -4.36. The zero-order valence-corrected chi connectivity index (χ0v) is 15.0. The van der Waals surface area contributed by atoms with Crippen LogP contribution in [-0.4, -0.2) is 55.9 Å². The van der Waals surface area contributed by atoms with E-state index in [9.17, 15) is 13.2 Å². The average Bonchev–Trinajstić information content (AvgIpc) is 2.97. The molecule has 142 valence electrons. The van der Waals surface area contributed by atoms with Crippen molar-refractivity contribution in [1.82, 2.24) is 29.6 Å². The van der Waals surface area contributed by atoms with Gasteiger partial charge in [0.25, 0.3) is 0 Å². The van der Waals surface area contributed by atoms with E-state index in [2.05, 4.69) is 32.0 Å². The highest BCUT2D eigenvalue weighted by molar-refractivity contribution is 5.52. The first-order valence-corrected chi connectivity index (χ1v) is 8.84. The molecule has 1 aliphatic rings. The summed E-state index contributed by atoms with van der Waals surface area (Å²) < 4.78 is 39.7. The second kappa shape index (κ2) is 7.69. The van der Waals surface area contributed by atoms with Crippen molar-refractivity contribution in [3.05, 3.63) is 24.0 Å². The Kier molecular flexibility index (Phi) is 5.55. The van der Waals surface area contributed by atoms with Crippen LogP contribution in [0.15, 0.2) is 12.4 Å². The molecule has 26 heavy (non-hydrogen) atoms. The monoisotopic (exact) mass is 368 g/mol. The van der Waals surface area contributed by atoms with E-state index in [0.29, 0.717) is 36.0 Å². The van der Waals surface area contributed by atoms with Gasteiger partial charge in [0.15, 0.2) is 11.6 Å². The largest absolute Gasteiger partial charge is 0.408 e. The molecule has 2 aromatic heterocycles. The number of piperidine rings is 1. The van der Waals surface area contributed by atoms with Gasteiger partial charge in [-0.15, -0.1) is 0 Å². The highest BCUT2D eigenvalue weighted by Gasteiger charge is 2.31. The van der Waals surface area contributed by atoms with Crippen LogP contribution >= 0.6 is 0 Å². The maximum Gasteiger partial charge on any atom is 0.408 e. The van der Waals surface area contributed by atoms with Crippen molar-refractivity contribution < 1.29 is 13.2 Å². The van der Waals surface area contributed by atoms with Crippen LogP contribution in [0.5, 0.6) is 0 Å². The number of halogens is 3. The van der Waals surface area contributed by atoms with Gasteiger partial charge in [0.2, 0.25) is 0 Å². The maximum atomic E-state index is 12.9. The molecule has 3 rings (SSSR count). The third-order valence-electron chi connectivity index (χ3n) is 4.63. The van der Waals surface area contributed by atoms with Gasteiger partial charge in [0.1, 0.15) is 12.4 Å². The molecule has 3 heterocycles. The molecule has 0 spiro atoms. The fraction of sp³-hybridized carbons (Fsp3) is 0.647. The number of rotatable bonds is 5. The van der Waals surface area contributed by atoms with Crippen LogP contribution in [0.1, 0.15) is 31.4 Å². The number of nitrogens with zero attached hydrogens (tertiary/aromatic N) is 6. The van der Waals surface area contributed by atoms with Crippen molar-refractivity contribution in [2.24, 2.45) is 5.92 Å². The molecular formula is C17H23F3N6. The lowest BCUT2D eigenvalue weighted by Crippen LogP contribution is -2.31. The summed E-state index contributed by atoms with van der Waals surface area (Å²) in [6.07, 6.45) is 1.94. The Hall–Kier alpha value is -2.03. The average molecular weight is 368 g/mol. The van der Waals surface area contributed by atoms with Gasteiger partial charge in [0, 0.05) is 25.2 Å². The molecule has 0 amide bonds. The van der Waals surface area contributed by atoms with Gasteiger partial charge in [0.05, 0.1) is 5.56 Å². The van der Waals surface area contributed by atoms with Crippen LogP contribution in [0.25, 0.3) is 11.4 Å². The number of aromatic nitrogens is 5. The predicted octanol–water partition coefficient (Wildman–Crippen LogP) is 2.74. The van der Waals surface area contributed by atoms with Crippen LogP contribution in [0.4, 0.5) is 13.2 Å². The number of aryl methyl sites for hydroxylation is 1. The topological polar surface area (TPSA) is 59.7 Å². The van der Waals surface area contributed by atoms with E-state index < -0.39 is 12.7 Å². The Bertz CT molecular complexity index is 717. The summed E-state index contributed by atoms with van der Waals surface area (Å²) in [6, 6.07) is 0. The molecule has 0 bridgehead atoms. The van der Waals surface area contributed by atoms with E-state index >= 15 is 0 Å². The number of likely N-dealkylation sites (tertiary alicyclic amines) is 1. The Morgan fingerprint density at radius 3 is 2.35 bits per heavy atom. The first kappa shape index (κ1) is 18.8. The van der Waals surface area contributed by atoms with Crippen molar-refractivity contribution >= 4 is 0 Å². The van der Waals surface area contributed by atoms with Gasteiger partial charge in [-0.3, -0.25) is 0 Å². The van der Waals surface area contributed by atoms with E-state index in [-0.39, 0.29) is 5.82 Å².